The molecule has 1 saturated carbocycles. The Kier molecular flexibility index (Phi) is 5.56. The van der Waals surface area contributed by atoms with Crippen LogP contribution in [0.1, 0.15) is 49.3 Å². The molecule has 5 nitrogen and oxygen atoms in total. The van der Waals surface area contributed by atoms with Gasteiger partial charge >= 0.3 is 0 Å². The molecule has 1 aliphatic rings. The summed E-state index contributed by atoms with van der Waals surface area (Å²) in [5, 5.41) is 8.03. The Morgan fingerprint density at radius 3 is 2.73 bits per heavy atom. The van der Waals surface area contributed by atoms with E-state index in [9.17, 15) is 4.79 Å². The average Bonchev–Trinajstić information content (AvgIpc) is 3.34. The van der Waals surface area contributed by atoms with Gasteiger partial charge in [-0.25, -0.2) is 4.68 Å². The van der Waals surface area contributed by atoms with E-state index in [1.165, 1.54) is 12.8 Å². The highest BCUT2D eigenvalue weighted by Crippen LogP contribution is 2.33. The molecule has 0 aliphatic heterocycles. The number of halogens is 1. The minimum Gasteiger partial charge on any atom is -0.483 e. The molecule has 0 saturated heterocycles. The fraction of sp³-hybridized carbons (Fsp3) is 0.500. The first-order valence-electron chi connectivity index (χ1n) is 9.10. The molecule has 0 unspecified atom stereocenters. The number of amides is 1. The van der Waals surface area contributed by atoms with E-state index in [1.807, 2.05) is 30.7 Å². The fourth-order valence-corrected chi connectivity index (χ4v) is 3.06. The molecule has 6 heteroatoms. The second-order valence-electron chi connectivity index (χ2n) is 7.43. The Hall–Kier alpha value is -2.01. The van der Waals surface area contributed by atoms with Crippen LogP contribution in [0.15, 0.2) is 18.3 Å². The van der Waals surface area contributed by atoms with Crippen molar-refractivity contribution in [3.8, 4) is 5.75 Å². The fourth-order valence-electron chi connectivity index (χ4n) is 2.88. The van der Waals surface area contributed by atoms with E-state index in [-0.39, 0.29) is 18.4 Å². The van der Waals surface area contributed by atoms with Gasteiger partial charge in [0.15, 0.2) is 6.61 Å². The molecule has 0 bridgehead atoms. The molecule has 3 rings (SSSR count). The highest BCUT2D eigenvalue weighted by molar-refractivity contribution is 6.31. The van der Waals surface area contributed by atoms with Crippen molar-refractivity contribution in [1.82, 2.24) is 9.78 Å². The van der Waals surface area contributed by atoms with Gasteiger partial charge in [0.25, 0.3) is 5.91 Å². The highest BCUT2D eigenvalue weighted by Gasteiger charge is 2.24. The summed E-state index contributed by atoms with van der Waals surface area (Å²) >= 11 is 6.22. The molecule has 0 radical (unpaired) electrons. The largest absolute Gasteiger partial charge is 0.483 e. The minimum atomic E-state index is -0.187. The maximum absolute atomic E-state index is 12.4. The lowest BCUT2D eigenvalue weighted by Gasteiger charge is -2.16. The van der Waals surface area contributed by atoms with Gasteiger partial charge in [-0.3, -0.25) is 4.79 Å². The Morgan fingerprint density at radius 1 is 1.35 bits per heavy atom. The zero-order chi connectivity index (χ0) is 18.8. The third-order valence-electron chi connectivity index (χ3n) is 4.68. The second kappa shape index (κ2) is 7.70. The topological polar surface area (TPSA) is 56.1 Å². The van der Waals surface area contributed by atoms with Gasteiger partial charge in [-0.05, 0) is 61.8 Å². The third kappa shape index (κ3) is 4.39. The number of ether oxygens (including phenoxy) is 1. The van der Waals surface area contributed by atoms with Gasteiger partial charge in [0.05, 0.1) is 6.20 Å². The lowest BCUT2D eigenvalue weighted by molar-refractivity contribution is -0.118. The van der Waals surface area contributed by atoms with Crippen LogP contribution in [0.2, 0.25) is 5.02 Å². The van der Waals surface area contributed by atoms with Crippen LogP contribution in [0.3, 0.4) is 0 Å². The molecular formula is C20H26ClN3O2. The van der Waals surface area contributed by atoms with Crippen LogP contribution in [0.25, 0.3) is 0 Å². The van der Waals surface area contributed by atoms with Crippen molar-refractivity contribution in [1.29, 1.82) is 0 Å². The normalized spacial score (nSPS) is 13.9. The molecule has 1 aliphatic carbocycles. The zero-order valence-electron chi connectivity index (χ0n) is 15.8. The number of anilines is 1. The molecule has 1 heterocycles. The van der Waals surface area contributed by atoms with Crippen molar-refractivity contribution < 1.29 is 9.53 Å². The molecule has 2 aromatic rings. The number of hydrogen-bond donors (Lipinski definition) is 1. The molecule has 1 aromatic heterocycles. The van der Waals surface area contributed by atoms with E-state index in [1.54, 1.807) is 6.20 Å². The van der Waals surface area contributed by atoms with Crippen LogP contribution in [-0.2, 0) is 11.3 Å². The number of rotatable bonds is 7. The van der Waals surface area contributed by atoms with E-state index in [4.69, 9.17) is 16.3 Å². The molecule has 0 spiro atoms. The molecule has 140 valence electrons. The number of carbonyl (C=O) groups is 1. The maximum atomic E-state index is 12.4. The van der Waals surface area contributed by atoms with Crippen molar-refractivity contribution >= 4 is 23.3 Å². The zero-order valence-corrected chi connectivity index (χ0v) is 16.6. The van der Waals surface area contributed by atoms with Gasteiger partial charge in [0, 0.05) is 17.1 Å². The second-order valence-corrected chi connectivity index (χ2v) is 7.84. The van der Waals surface area contributed by atoms with E-state index in [2.05, 4.69) is 24.3 Å². The third-order valence-corrected chi connectivity index (χ3v) is 5.09. The number of hydrogen-bond acceptors (Lipinski definition) is 3. The number of carbonyl (C=O) groups excluding carboxylic acids is 1. The van der Waals surface area contributed by atoms with Gasteiger partial charge in [-0.15, -0.1) is 0 Å². The lowest BCUT2D eigenvalue weighted by Crippen LogP contribution is -2.23. The van der Waals surface area contributed by atoms with Gasteiger partial charge in [0.2, 0.25) is 0 Å². The van der Waals surface area contributed by atoms with E-state index in [0.717, 1.165) is 29.1 Å². The number of aryl methyl sites for hydroxylation is 2. The average molecular weight is 376 g/mol. The van der Waals surface area contributed by atoms with Crippen LogP contribution in [-0.4, -0.2) is 22.3 Å². The Bertz CT molecular complexity index is 810. The van der Waals surface area contributed by atoms with Crippen LogP contribution in [0.4, 0.5) is 5.82 Å². The Morgan fingerprint density at radius 2 is 2.08 bits per heavy atom. The van der Waals surface area contributed by atoms with Crippen molar-refractivity contribution in [3.63, 3.8) is 0 Å². The van der Waals surface area contributed by atoms with Crippen LogP contribution >= 0.6 is 11.6 Å². The highest BCUT2D eigenvalue weighted by atomic mass is 35.5. The summed E-state index contributed by atoms with van der Waals surface area (Å²) in [4.78, 5) is 12.4. The smallest absolute Gasteiger partial charge is 0.263 e. The summed E-state index contributed by atoms with van der Waals surface area (Å²) in [7, 11) is 0. The number of aromatic nitrogens is 2. The first-order valence-corrected chi connectivity index (χ1v) is 9.48. The van der Waals surface area contributed by atoms with E-state index < -0.39 is 0 Å². The number of nitrogens with zero attached hydrogens (tertiary/aromatic N) is 2. The van der Waals surface area contributed by atoms with Crippen molar-refractivity contribution in [2.75, 3.05) is 11.9 Å². The molecule has 26 heavy (non-hydrogen) atoms. The number of benzene rings is 1. The number of nitrogens with one attached hydrogen (secondary N) is 1. The van der Waals surface area contributed by atoms with E-state index in [0.29, 0.717) is 16.7 Å². The van der Waals surface area contributed by atoms with E-state index >= 15 is 0 Å². The molecule has 1 N–H and O–H groups in total. The van der Waals surface area contributed by atoms with Crippen molar-refractivity contribution in [2.24, 2.45) is 5.92 Å². The molecule has 1 amide bonds. The van der Waals surface area contributed by atoms with Gasteiger partial charge in [-0.2, -0.15) is 5.10 Å². The Labute approximate surface area is 159 Å². The summed E-state index contributed by atoms with van der Waals surface area (Å²) in [5.41, 5.74) is 2.90. The molecule has 1 fully saturated rings. The molecular weight excluding hydrogens is 350 g/mol. The summed E-state index contributed by atoms with van der Waals surface area (Å²) in [6.07, 6.45) is 4.27. The summed E-state index contributed by atoms with van der Waals surface area (Å²) in [6.45, 7) is 8.85. The first kappa shape index (κ1) is 18.8. The molecule has 0 atom stereocenters. The summed E-state index contributed by atoms with van der Waals surface area (Å²) in [5.74, 6) is 2.23. The predicted octanol–water partition coefficient (Wildman–Crippen LogP) is 4.70. The van der Waals surface area contributed by atoms with Crippen LogP contribution in [0, 0.1) is 19.8 Å². The monoisotopic (exact) mass is 375 g/mol. The SMILES string of the molecule is Cc1cc(OCC(=O)Nc2c(C)cnn2CC2CC2)c(C(C)C)cc1Cl. The maximum Gasteiger partial charge on any atom is 0.263 e. The van der Waals surface area contributed by atoms with Crippen LogP contribution in [0.5, 0.6) is 5.75 Å². The van der Waals surface area contributed by atoms with Gasteiger partial charge < -0.3 is 10.1 Å². The van der Waals surface area contributed by atoms with Crippen molar-refractivity contribution in [2.45, 2.75) is 53.0 Å². The predicted molar refractivity (Wildman–Crippen MR) is 104 cm³/mol. The summed E-state index contributed by atoms with van der Waals surface area (Å²) in [6, 6.07) is 3.82. The quantitative estimate of drug-likeness (QED) is 0.762. The van der Waals surface area contributed by atoms with Gasteiger partial charge in [-0.1, -0.05) is 25.4 Å². The first-order chi connectivity index (χ1) is 12.3. The summed E-state index contributed by atoms with van der Waals surface area (Å²) < 4.78 is 7.70. The lowest BCUT2D eigenvalue weighted by atomic mass is 10.0. The van der Waals surface area contributed by atoms with Crippen molar-refractivity contribution in [3.05, 3.63) is 40.0 Å². The van der Waals surface area contributed by atoms with Gasteiger partial charge in [0.1, 0.15) is 11.6 Å². The standard InChI is InChI=1S/C20H26ClN3O2/c1-12(2)16-8-17(21)13(3)7-18(16)26-11-19(25)23-20-14(4)9-22-24(20)10-15-5-6-15/h7-9,12,15H,5-6,10-11H2,1-4H3,(H,23,25). The minimum absolute atomic E-state index is 0.0468. The van der Waals surface area contributed by atoms with Crippen LogP contribution < -0.4 is 10.1 Å². The Balaban J connectivity index is 1.66. The molecule has 1 aromatic carbocycles.